The molecular weight excluding hydrogens is 330 g/mol. The zero-order valence-electron chi connectivity index (χ0n) is 12.2. The summed E-state index contributed by atoms with van der Waals surface area (Å²) in [5, 5.41) is 10.5. The van der Waals surface area contributed by atoms with Crippen molar-refractivity contribution in [1.82, 2.24) is 0 Å². The molecule has 9 nitrogen and oxygen atoms in total. The van der Waals surface area contributed by atoms with Crippen molar-refractivity contribution in [3.63, 3.8) is 0 Å². The molecule has 0 aromatic heterocycles. The van der Waals surface area contributed by atoms with Crippen LogP contribution in [0.15, 0.2) is 24.3 Å². The highest BCUT2D eigenvalue weighted by atomic mass is 32.2. The van der Waals surface area contributed by atoms with Crippen LogP contribution in [0.4, 0.5) is 5.69 Å². The number of benzene rings is 1. The van der Waals surface area contributed by atoms with Crippen LogP contribution in [0, 0.1) is 10.1 Å². The van der Waals surface area contributed by atoms with Crippen LogP contribution in [0.2, 0.25) is 0 Å². The molecule has 1 aliphatic heterocycles. The van der Waals surface area contributed by atoms with Crippen LogP contribution in [-0.4, -0.2) is 51.0 Å². The molecular formula is C13H15NO8S. The lowest BCUT2D eigenvalue weighted by Gasteiger charge is -2.10. The number of carbonyl (C=O) groups excluding carboxylic acids is 1. The molecule has 1 fully saturated rings. The van der Waals surface area contributed by atoms with Gasteiger partial charge in [0.25, 0.3) is 15.8 Å². The van der Waals surface area contributed by atoms with Crippen molar-refractivity contribution in [3.8, 4) is 0 Å². The number of esters is 1. The first-order chi connectivity index (χ1) is 10.7. The lowest BCUT2D eigenvalue weighted by Crippen LogP contribution is -2.20. The zero-order valence-corrected chi connectivity index (χ0v) is 13.0. The van der Waals surface area contributed by atoms with Gasteiger partial charge in [-0.2, -0.15) is 8.42 Å². The molecule has 23 heavy (non-hydrogen) atoms. The summed E-state index contributed by atoms with van der Waals surface area (Å²) in [6, 6.07) is 5.01. The van der Waals surface area contributed by atoms with E-state index in [9.17, 15) is 23.3 Å². The molecule has 2 unspecified atom stereocenters. The zero-order chi connectivity index (χ0) is 17.0. The summed E-state index contributed by atoms with van der Waals surface area (Å²) in [6.45, 7) is 0.0479. The van der Waals surface area contributed by atoms with Crippen molar-refractivity contribution >= 4 is 21.8 Å². The number of hydrogen-bond acceptors (Lipinski definition) is 8. The Morgan fingerprint density at radius 1 is 1.39 bits per heavy atom. The molecule has 10 heteroatoms. The SMILES string of the molecule is CS(=O)(=O)OC1COC(COC(=O)c2ccc([N+](=O)[O-])cc2)C1. The van der Waals surface area contributed by atoms with Gasteiger partial charge >= 0.3 is 5.97 Å². The topological polar surface area (TPSA) is 122 Å². The molecule has 0 bridgehead atoms. The lowest BCUT2D eigenvalue weighted by molar-refractivity contribution is -0.384. The molecule has 126 valence electrons. The van der Waals surface area contributed by atoms with Crippen LogP contribution >= 0.6 is 0 Å². The predicted octanol–water partition coefficient (Wildman–Crippen LogP) is 0.885. The van der Waals surface area contributed by atoms with Crippen molar-refractivity contribution in [1.29, 1.82) is 0 Å². The molecule has 1 aliphatic rings. The van der Waals surface area contributed by atoms with Gasteiger partial charge in [0, 0.05) is 18.6 Å². The minimum Gasteiger partial charge on any atom is -0.459 e. The molecule has 1 aromatic rings. The molecule has 1 saturated heterocycles. The van der Waals surface area contributed by atoms with Gasteiger partial charge in [0.15, 0.2) is 0 Å². The molecule has 2 atom stereocenters. The first-order valence-electron chi connectivity index (χ1n) is 6.66. The minimum atomic E-state index is -3.56. The molecule has 2 rings (SSSR count). The standard InChI is InChI=1S/C13H15NO8S/c1-23(18,19)22-12-6-11(20-8-12)7-21-13(15)9-2-4-10(5-3-9)14(16)17/h2-5,11-12H,6-8H2,1H3. The predicted molar refractivity (Wildman–Crippen MR) is 77.5 cm³/mol. The highest BCUT2D eigenvalue weighted by Crippen LogP contribution is 2.19. The fourth-order valence-electron chi connectivity index (χ4n) is 2.07. The van der Waals surface area contributed by atoms with Gasteiger partial charge in [0.2, 0.25) is 0 Å². The van der Waals surface area contributed by atoms with Crippen molar-refractivity contribution in [3.05, 3.63) is 39.9 Å². The second-order valence-corrected chi connectivity index (χ2v) is 6.62. The Balaban J connectivity index is 1.82. The van der Waals surface area contributed by atoms with E-state index in [-0.39, 0.29) is 24.5 Å². The van der Waals surface area contributed by atoms with Gasteiger partial charge < -0.3 is 9.47 Å². The van der Waals surface area contributed by atoms with Crippen molar-refractivity contribution in [2.75, 3.05) is 19.5 Å². The Labute approximate surface area is 132 Å². The molecule has 0 radical (unpaired) electrons. The second-order valence-electron chi connectivity index (χ2n) is 5.02. The Kier molecular flexibility index (Phi) is 5.29. The van der Waals surface area contributed by atoms with E-state index in [1.165, 1.54) is 24.3 Å². The number of carbonyl (C=O) groups is 1. The smallest absolute Gasteiger partial charge is 0.338 e. The lowest BCUT2D eigenvalue weighted by atomic mass is 10.2. The molecule has 1 heterocycles. The van der Waals surface area contributed by atoms with Gasteiger partial charge in [-0.05, 0) is 12.1 Å². The molecule has 0 amide bonds. The fraction of sp³-hybridized carbons (Fsp3) is 0.462. The number of ether oxygens (including phenoxy) is 2. The largest absolute Gasteiger partial charge is 0.459 e. The van der Waals surface area contributed by atoms with Crippen LogP contribution in [0.5, 0.6) is 0 Å². The van der Waals surface area contributed by atoms with E-state index in [0.717, 1.165) is 6.26 Å². The monoisotopic (exact) mass is 345 g/mol. The molecule has 0 aliphatic carbocycles. The van der Waals surface area contributed by atoms with E-state index in [0.29, 0.717) is 6.42 Å². The molecule has 1 aromatic carbocycles. The quantitative estimate of drug-likeness (QED) is 0.322. The molecule has 0 saturated carbocycles. The third kappa shape index (κ3) is 5.27. The maximum atomic E-state index is 11.8. The van der Waals surface area contributed by atoms with Crippen LogP contribution in [0.25, 0.3) is 0 Å². The second kappa shape index (κ2) is 7.02. The Hall–Kier alpha value is -2.04. The van der Waals surface area contributed by atoms with Gasteiger partial charge in [-0.25, -0.2) is 4.79 Å². The maximum Gasteiger partial charge on any atom is 0.338 e. The number of hydrogen-bond donors (Lipinski definition) is 0. The number of rotatable bonds is 6. The van der Waals surface area contributed by atoms with Crippen LogP contribution < -0.4 is 0 Å². The van der Waals surface area contributed by atoms with Crippen molar-refractivity contribution < 1.29 is 31.8 Å². The normalized spacial score (nSPS) is 21.1. The summed E-state index contributed by atoms with van der Waals surface area (Å²) in [7, 11) is -3.56. The average molecular weight is 345 g/mol. The van der Waals surface area contributed by atoms with Gasteiger partial charge in [-0.1, -0.05) is 0 Å². The van der Waals surface area contributed by atoms with E-state index >= 15 is 0 Å². The fourth-order valence-corrected chi connectivity index (χ4v) is 2.70. The number of nitro groups is 1. The van der Waals surface area contributed by atoms with E-state index < -0.39 is 33.2 Å². The van der Waals surface area contributed by atoms with Gasteiger partial charge in [0.05, 0.1) is 29.5 Å². The minimum absolute atomic E-state index is 0.0561. The van der Waals surface area contributed by atoms with E-state index in [4.69, 9.17) is 13.7 Å². The highest BCUT2D eigenvalue weighted by molar-refractivity contribution is 7.86. The van der Waals surface area contributed by atoms with E-state index in [1.54, 1.807) is 0 Å². The van der Waals surface area contributed by atoms with Crippen LogP contribution in [-0.2, 0) is 23.8 Å². The van der Waals surface area contributed by atoms with E-state index in [1.807, 2.05) is 0 Å². The summed E-state index contributed by atoms with van der Waals surface area (Å²) in [5.74, 6) is -0.643. The Morgan fingerprint density at radius 3 is 2.61 bits per heavy atom. The molecule has 0 N–H and O–H groups in total. The first-order valence-corrected chi connectivity index (χ1v) is 8.47. The summed E-state index contributed by atoms with van der Waals surface area (Å²) in [5.41, 5.74) is 0.0546. The highest BCUT2D eigenvalue weighted by Gasteiger charge is 2.29. The van der Waals surface area contributed by atoms with Crippen molar-refractivity contribution in [2.24, 2.45) is 0 Å². The Bertz CT molecular complexity index is 684. The maximum absolute atomic E-state index is 11.8. The van der Waals surface area contributed by atoms with Gasteiger partial charge in [0.1, 0.15) is 12.7 Å². The summed E-state index contributed by atoms with van der Waals surface area (Å²) >= 11 is 0. The van der Waals surface area contributed by atoms with Crippen molar-refractivity contribution in [2.45, 2.75) is 18.6 Å². The third-order valence-corrected chi connectivity index (χ3v) is 3.69. The number of nitrogens with zero attached hydrogens (tertiary/aromatic N) is 1. The van der Waals surface area contributed by atoms with Gasteiger partial charge in [-0.3, -0.25) is 14.3 Å². The summed E-state index contributed by atoms with van der Waals surface area (Å²) < 4.78 is 37.2. The average Bonchev–Trinajstić information content (AvgIpc) is 2.90. The number of nitro benzene ring substituents is 1. The van der Waals surface area contributed by atoms with Crippen LogP contribution in [0.1, 0.15) is 16.8 Å². The van der Waals surface area contributed by atoms with Crippen LogP contribution in [0.3, 0.4) is 0 Å². The summed E-state index contributed by atoms with van der Waals surface area (Å²) in [6.07, 6.45) is 0.201. The Morgan fingerprint density at radius 2 is 2.04 bits per heavy atom. The summed E-state index contributed by atoms with van der Waals surface area (Å²) in [4.78, 5) is 21.8. The first kappa shape index (κ1) is 17.3. The molecule has 0 spiro atoms. The van der Waals surface area contributed by atoms with E-state index in [2.05, 4.69) is 0 Å². The number of non-ortho nitro benzene ring substituents is 1. The third-order valence-electron chi connectivity index (χ3n) is 3.07. The van der Waals surface area contributed by atoms with Gasteiger partial charge in [-0.15, -0.1) is 0 Å².